The van der Waals surface area contributed by atoms with Crippen LogP contribution in [0.4, 0.5) is 0 Å². The predicted octanol–water partition coefficient (Wildman–Crippen LogP) is 0.616. The first kappa shape index (κ1) is 14.3. The lowest BCUT2D eigenvalue weighted by atomic mass is 9.89. The molecule has 22 heavy (non-hydrogen) atoms. The molecular formula is C15H15NO6. The molecule has 0 aromatic heterocycles. The van der Waals surface area contributed by atoms with Crippen molar-refractivity contribution < 1.29 is 30.3 Å². The monoisotopic (exact) mass is 305 g/mol. The largest absolute Gasteiger partial charge is 0.508 e. The van der Waals surface area contributed by atoms with Crippen molar-refractivity contribution >= 4 is 0 Å². The van der Waals surface area contributed by atoms with Crippen LogP contribution in [0.5, 0.6) is 28.7 Å². The summed E-state index contributed by atoms with van der Waals surface area (Å²) in [6.45, 7) is 0. The van der Waals surface area contributed by atoms with Gasteiger partial charge in [0, 0.05) is 29.7 Å². The Bertz CT molecular complexity index is 747. The molecule has 1 heterocycles. The zero-order valence-corrected chi connectivity index (χ0v) is 11.4. The molecule has 2 aromatic rings. The van der Waals surface area contributed by atoms with Crippen molar-refractivity contribution in [2.75, 3.05) is 0 Å². The molecule has 1 aliphatic rings. The van der Waals surface area contributed by atoms with Gasteiger partial charge in [-0.2, -0.15) is 0 Å². The number of fused-ring (bicyclic) bond motifs is 1. The Balaban J connectivity index is 2.09. The molecule has 7 heteroatoms. The van der Waals surface area contributed by atoms with Gasteiger partial charge in [-0.25, -0.2) is 0 Å². The van der Waals surface area contributed by atoms with E-state index in [9.17, 15) is 25.5 Å². The van der Waals surface area contributed by atoms with E-state index in [1.165, 1.54) is 24.3 Å². The highest BCUT2D eigenvalue weighted by molar-refractivity contribution is 5.52. The van der Waals surface area contributed by atoms with Crippen molar-refractivity contribution in [3.05, 3.63) is 41.5 Å². The van der Waals surface area contributed by atoms with Gasteiger partial charge in [-0.05, 0) is 18.2 Å². The molecule has 1 aliphatic heterocycles. The Morgan fingerprint density at radius 1 is 1.00 bits per heavy atom. The van der Waals surface area contributed by atoms with Crippen LogP contribution >= 0.6 is 0 Å². The van der Waals surface area contributed by atoms with E-state index in [0.29, 0.717) is 5.56 Å². The summed E-state index contributed by atoms with van der Waals surface area (Å²) in [5, 5.41) is 48.6. The highest BCUT2D eigenvalue weighted by Crippen LogP contribution is 2.43. The first-order chi connectivity index (χ1) is 10.3. The topological polar surface area (TPSA) is 136 Å². The molecular weight excluding hydrogens is 290 g/mol. The van der Waals surface area contributed by atoms with Gasteiger partial charge in [-0.3, -0.25) is 5.73 Å². The van der Waals surface area contributed by atoms with Crippen LogP contribution in [-0.2, 0) is 12.1 Å². The molecule has 0 aliphatic carbocycles. The number of phenols is 4. The predicted molar refractivity (Wildman–Crippen MR) is 75.7 cm³/mol. The third kappa shape index (κ3) is 2.07. The molecule has 0 saturated carbocycles. The fraction of sp³-hybridized carbons (Fsp3) is 0.200. The van der Waals surface area contributed by atoms with Crippen molar-refractivity contribution in [3.63, 3.8) is 0 Å². The fourth-order valence-corrected chi connectivity index (χ4v) is 2.53. The molecule has 0 spiro atoms. The highest BCUT2D eigenvalue weighted by atomic mass is 16.5. The lowest BCUT2D eigenvalue weighted by Gasteiger charge is -2.39. The van der Waals surface area contributed by atoms with E-state index in [0.717, 1.165) is 6.07 Å². The molecule has 7 nitrogen and oxygen atoms in total. The van der Waals surface area contributed by atoms with Gasteiger partial charge in [0.05, 0.1) is 0 Å². The number of hydrogen-bond acceptors (Lipinski definition) is 7. The van der Waals surface area contributed by atoms with Gasteiger partial charge in [0.15, 0.2) is 11.5 Å². The second kappa shape index (κ2) is 4.69. The summed E-state index contributed by atoms with van der Waals surface area (Å²) >= 11 is 0. The first-order valence-corrected chi connectivity index (χ1v) is 6.54. The van der Waals surface area contributed by atoms with Crippen molar-refractivity contribution in [1.82, 2.24) is 0 Å². The summed E-state index contributed by atoms with van der Waals surface area (Å²) in [5.41, 5.74) is 5.00. The van der Waals surface area contributed by atoms with Crippen LogP contribution in [-0.4, -0.2) is 31.6 Å². The van der Waals surface area contributed by atoms with Crippen LogP contribution in [0, 0.1) is 0 Å². The molecule has 0 bridgehead atoms. The quantitative estimate of drug-likeness (QED) is 0.425. The smallest absolute Gasteiger partial charge is 0.211 e. The molecule has 2 aromatic carbocycles. The summed E-state index contributed by atoms with van der Waals surface area (Å²) in [7, 11) is 0. The molecule has 116 valence electrons. The van der Waals surface area contributed by atoms with Crippen LogP contribution in [0.1, 0.15) is 11.1 Å². The van der Waals surface area contributed by atoms with Crippen molar-refractivity contribution in [2.24, 2.45) is 5.73 Å². The van der Waals surface area contributed by atoms with Gasteiger partial charge < -0.3 is 30.3 Å². The van der Waals surface area contributed by atoms with E-state index in [-0.39, 0.29) is 35.0 Å². The Hall–Kier alpha value is -2.64. The molecule has 2 atom stereocenters. The average molecular weight is 305 g/mol. The number of nitrogens with two attached hydrogens (primary N) is 1. The number of ether oxygens (including phenoxy) is 1. The number of benzene rings is 2. The zero-order valence-electron chi connectivity index (χ0n) is 11.4. The normalized spacial score (nSPS) is 23.6. The maximum absolute atomic E-state index is 10.3. The van der Waals surface area contributed by atoms with Crippen molar-refractivity contribution in [3.8, 4) is 28.7 Å². The Morgan fingerprint density at radius 2 is 1.73 bits per heavy atom. The number of rotatable bonds is 1. The molecule has 0 fully saturated rings. The molecule has 0 saturated heterocycles. The minimum absolute atomic E-state index is 0.000412. The van der Waals surface area contributed by atoms with Gasteiger partial charge in [0.25, 0.3) is 0 Å². The second-order valence-corrected chi connectivity index (χ2v) is 5.26. The number of aliphatic hydroxyl groups is 1. The third-order valence-corrected chi connectivity index (χ3v) is 3.77. The summed E-state index contributed by atoms with van der Waals surface area (Å²) in [4.78, 5) is 0. The van der Waals surface area contributed by atoms with Crippen LogP contribution in [0.2, 0.25) is 0 Å². The van der Waals surface area contributed by atoms with E-state index in [2.05, 4.69) is 0 Å². The van der Waals surface area contributed by atoms with Crippen LogP contribution in [0.3, 0.4) is 0 Å². The zero-order chi connectivity index (χ0) is 16.1. The van der Waals surface area contributed by atoms with E-state index in [1.807, 2.05) is 0 Å². The lowest BCUT2D eigenvalue weighted by Crippen LogP contribution is -2.55. The van der Waals surface area contributed by atoms with Crippen LogP contribution in [0.25, 0.3) is 0 Å². The van der Waals surface area contributed by atoms with E-state index in [4.69, 9.17) is 10.5 Å². The molecule has 0 radical (unpaired) electrons. The van der Waals surface area contributed by atoms with Gasteiger partial charge in [0.1, 0.15) is 23.4 Å². The third-order valence-electron chi connectivity index (χ3n) is 3.77. The lowest BCUT2D eigenvalue weighted by molar-refractivity contribution is -0.0689. The van der Waals surface area contributed by atoms with Crippen molar-refractivity contribution in [1.29, 1.82) is 0 Å². The Labute approximate surface area is 125 Å². The minimum Gasteiger partial charge on any atom is -0.508 e. The van der Waals surface area contributed by atoms with E-state index in [1.54, 1.807) is 0 Å². The SMILES string of the molecule is NC1(c2ccc(O)c(O)c2)Oc2cc(O)cc(O)c2C[C@H]1O. The minimum atomic E-state index is -1.70. The summed E-state index contributed by atoms with van der Waals surface area (Å²) < 4.78 is 5.59. The average Bonchev–Trinajstić information content (AvgIpc) is 2.44. The number of aliphatic hydroxyl groups excluding tert-OH is 1. The van der Waals surface area contributed by atoms with Gasteiger partial charge >= 0.3 is 0 Å². The van der Waals surface area contributed by atoms with Gasteiger partial charge in [0.2, 0.25) is 5.72 Å². The molecule has 0 amide bonds. The number of hydrogen-bond donors (Lipinski definition) is 6. The summed E-state index contributed by atoms with van der Waals surface area (Å²) in [5.74, 6) is -0.998. The van der Waals surface area contributed by atoms with Crippen molar-refractivity contribution in [2.45, 2.75) is 18.2 Å². The second-order valence-electron chi connectivity index (χ2n) is 5.26. The fourth-order valence-electron chi connectivity index (χ4n) is 2.53. The molecule has 3 rings (SSSR count). The molecule has 7 N–H and O–H groups in total. The van der Waals surface area contributed by atoms with Gasteiger partial charge in [-0.1, -0.05) is 0 Å². The highest BCUT2D eigenvalue weighted by Gasteiger charge is 2.44. The summed E-state index contributed by atoms with van der Waals surface area (Å²) in [6.07, 6.45) is -1.21. The van der Waals surface area contributed by atoms with E-state index < -0.39 is 17.6 Å². The number of phenolic OH excluding ortho intramolecular Hbond substituents is 4. The summed E-state index contributed by atoms with van der Waals surface area (Å²) in [6, 6.07) is 6.25. The van der Waals surface area contributed by atoms with Crippen LogP contribution in [0.15, 0.2) is 30.3 Å². The maximum Gasteiger partial charge on any atom is 0.211 e. The maximum atomic E-state index is 10.3. The molecule has 1 unspecified atom stereocenters. The Kier molecular flexibility index (Phi) is 3.05. The number of aromatic hydroxyl groups is 4. The first-order valence-electron chi connectivity index (χ1n) is 6.54. The standard InChI is InChI=1S/C15H15NO6/c16-15(7-1-2-10(18)12(20)3-7)14(21)6-9-11(19)4-8(17)5-13(9)22-15/h1-5,14,17-21H,6,16H2/t14-,15?/m1/s1. The van der Waals surface area contributed by atoms with Crippen LogP contribution < -0.4 is 10.5 Å². The Morgan fingerprint density at radius 3 is 2.41 bits per heavy atom. The van der Waals surface area contributed by atoms with E-state index >= 15 is 0 Å². The van der Waals surface area contributed by atoms with Gasteiger partial charge in [-0.15, -0.1) is 0 Å².